The van der Waals surface area contributed by atoms with Crippen molar-refractivity contribution in [1.82, 2.24) is 10.7 Å². The summed E-state index contributed by atoms with van der Waals surface area (Å²) in [6.07, 6.45) is 6.46. The minimum absolute atomic E-state index is 0.0830. The lowest BCUT2D eigenvalue weighted by Crippen LogP contribution is -2.44. The van der Waals surface area contributed by atoms with Crippen LogP contribution in [-0.4, -0.2) is 29.1 Å². The first kappa shape index (κ1) is 17.5. The number of phenolic OH excluding ortho intramolecular Hbond substituents is 1. The molecule has 1 fully saturated rings. The number of nitrogens with one attached hydrogen (secondary N) is 2. The summed E-state index contributed by atoms with van der Waals surface area (Å²) in [6, 6.07) is 5.71. The van der Waals surface area contributed by atoms with Gasteiger partial charge >= 0.3 is 0 Å². The van der Waals surface area contributed by atoms with E-state index < -0.39 is 0 Å². The number of phenols is 1. The normalized spacial score (nSPS) is 21.1. The molecule has 126 valence electrons. The standard InChI is InChI=1S/C17H25N3O2S/c1-3-22-15-10-6-8-13(16(15)21)11-18-20-17(23)19-14-9-5-4-7-12(14)2/h6,8,10-12,14,21H,3-5,7,9H2,1-2H3,(H2,19,20,23)/b18-11+/t12-,14+/m0/s1. The van der Waals surface area contributed by atoms with Crippen LogP contribution in [0.2, 0.25) is 0 Å². The fourth-order valence-corrected chi connectivity index (χ4v) is 3.01. The fraction of sp³-hybridized carbons (Fsp3) is 0.529. The Kier molecular flexibility index (Phi) is 6.65. The highest BCUT2D eigenvalue weighted by atomic mass is 32.1. The molecule has 0 heterocycles. The van der Waals surface area contributed by atoms with Crippen LogP contribution in [0.4, 0.5) is 0 Å². The third-order valence-electron chi connectivity index (χ3n) is 4.13. The highest BCUT2D eigenvalue weighted by Crippen LogP contribution is 2.28. The second-order valence-electron chi connectivity index (χ2n) is 5.84. The van der Waals surface area contributed by atoms with Crippen molar-refractivity contribution < 1.29 is 9.84 Å². The van der Waals surface area contributed by atoms with Gasteiger partial charge in [-0.05, 0) is 50.0 Å². The maximum absolute atomic E-state index is 10.1. The Morgan fingerprint density at radius 1 is 1.43 bits per heavy atom. The molecule has 5 nitrogen and oxygen atoms in total. The van der Waals surface area contributed by atoms with Gasteiger partial charge in [0.05, 0.1) is 12.8 Å². The van der Waals surface area contributed by atoms with Crippen LogP contribution in [-0.2, 0) is 0 Å². The summed E-state index contributed by atoms with van der Waals surface area (Å²) in [5, 5.41) is 18.0. The van der Waals surface area contributed by atoms with Crippen molar-refractivity contribution in [1.29, 1.82) is 0 Å². The van der Waals surface area contributed by atoms with Crippen LogP contribution in [0.1, 0.15) is 45.1 Å². The molecule has 2 atom stereocenters. The maximum atomic E-state index is 10.1. The smallest absolute Gasteiger partial charge is 0.187 e. The third-order valence-corrected chi connectivity index (χ3v) is 4.34. The van der Waals surface area contributed by atoms with Crippen LogP contribution >= 0.6 is 12.2 Å². The molecule has 0 amide bonds. The number of nitrogens with zero attached hydrogens (tertiary/aromatic N) is 1. The lowest BCUT2D eigenvalue weighted by atomic mass is 9.86. The number of thiocarbonyl (C=S) groups is 1. The summed E-state index contributed by atoms with van der Waals surface area (Å²) >= 11 is 5.28. The number of ether oxygens (including phenoxy) is 1. The van der Waals surface area contributed by atoms with Gasteiger partial charge in [0.2, 0.25) is 0 Å². The van der Waals surface area contributed by atoms with Gasteiger partial charge in [-0.1, -0.05) is 25.8 Å². The molecule has 0 bridgehead atoms. The topological polar surface area (TPSA) is 65.9 Å². The van der Waals surface area contributed by atoms with Gasteiger partial charge in [-0.3, -0.25) is 5.43 Å². The lowest BCUT2D eigenvalue weighted by molar-refractivity contribution is 0.308. The van der Waals surface area contributed by atoms with Crippen LogP contribution in [0.5, 0.6) is 11.5 Å². The molecule has 0 aliphatic heterocycles. The molecule has 0 aromatic heterocycles. The SMILES string of the molecule is CCOc1cccc(/C=N/NC(=S)N[C@@H]2CCCC[C@@H]2C)c1O. The molecule has 2 rings (SSSR count). The Morgan fingerprint density at radius 3 is 2.96 bits per heavy atom. The highest BCUT2D eigenvalue weighted by Gasteiger charge is 2.21. The van der Waals surface area contributed by atoms with Gasteiger partial charge < -0.3 is 15.2 Å². The first-order valence-corrected chi connectivity index (χ1v) is 8.57. The van der Waals surface area contributed by atoms with E-state index in [-0.39, 0.29) is 5.75 Å². The minimum Gasteiger partial charge on any atom is -0.504 e. The molecule has 0 unspecified atom stereocenters. The Morgan fingerprint density at radius 2 is 2.22 bits per heavy atom. The number of para-hydroxylation sites is 1. The Bertz CT molecular complexity index is 563. The largest absolute Gasteiger partial charge is 0.504 e. The predicted octanol–water partition coefficient (Wildman–Crippen LogP) is 3.17. The van der Waals surface area contributed by atoms with Gasteiger partial charge in [-0.2, -0.15) is 5.10 Å². The molecular formula is C17H25N3O2S. The van der Waals surface area contributed by atoms with Gasteiger partial charge in [-0.15, -0.1) is 0 Å². The summed E-state index contributed by atoms with van der Waals surface area (Å²) in [4.78, 5) is 0. The summed E-state index contributed by atoms with van der Waals surface area (Å²) in [5.41, 5.74) is 3.40. The van der Waals surface area contributed by atoms with Crippen molar-refractivity contribution in [2.75, 3.05) is 6.61 Å². The highest BCUT2D eigenvalue weighted by molar-refractivity contribution is 7.80. The molecule has 1 aromatic rings. The molecule has 0 radical (unpaired) electrons. The van der Waals surface area contributed by atoms with Crippen LogP contribution < -0.4 is 15.5 Å². The molecular weight excluding hydrogens is 310 g/mol. The zero-order chi connectivity index (χ0) is 16.7. The fourth-order valence-electron chi connectivity index (χ4n) is 2.81. The van der Waals surface area contributed by atoms with E-state index in [9.17, 15) is 5.11 Å². The quantitative estimate of drug-likeness (QED) is 0.438. The second-order valence-corrected chi connectivity index (χ2v) is 6.25. The molecule has 1 aromatic carbocycles. The van der Waals surface area contributed by atoms with Gasteiger partial charge in [0, 0.05) is 11.6 Å². The number of aromatic hydroxyl groups is 1. The molecule has 6 heteroatoms. The summed E-state index contributed by atoms with van der Waals surface area (Å²) < 4.78 is 5.35. The second kappa shape index (κ2) is 8.72. The number of hydrazone groups is 1. The summed E-state index contributed by atoms with van der Waals surface area (Å²) in [7, 11) is 0. The van der Waals surface area contributed by atoms with Gasteiger partial charge in [0.15, 0.2) is 16.6 Å². The molecule has 0 spiro atoms. The molecule has 23 heavy (non-hydrogen) atoms. The first-order chi connectivity index (χ1) is 11.1. The molecule has 3 N–H and O–H groups in total. The number of benzene rings is 1. The number of rotatable bonds is 5. The zero-order valence-corrected chi connectivity index (χ0v) is 14.5. The van der Waals surface area contributed by atoms with Crippen LogP contribution in [0.25, 0.3) is 0 Å². The summed E-state index contributed by atoms with van der Waals surface area (Å²) in [5.74, 6) is 1.16. The molecule has 0 saturated heterocycles. The van der Waals surface area contributed by atoms with E-state index in [4.69, 9.17) is 17.0 Å². The van der Waals surface area contributed by atoms with Crippen molar-refractivity contribution in [3.8, 4) is 11.5 Å². The van der Waals surface area contributed by atoms with Crippen molar-refractivity contribution in [3.63, 3.8) is 0 Å². The Hall–Kier alpha value is -1.82. The van der Waals surface area contributed by atoms with E-state index in [1.54, 1.807) is 12.1 Å². The predicted molar refractivity (Wildman–Crippen MR) is 97.2 cm³/mol. The average molecular weight is 335 g/mol. The molecule has 1 saturated carbocycles. The van der Waals surface area contributed by atoms with E-state index >= 15 is 0 Å². The van der Waals surface area contributed by atoms with Crippen molar-refractivity contribution in [3.05, 3.63) is 23.8 Å². The first-order valence-electron chi connectivity index (χ1n) is 8.16. The summed E-state index contributed by atoms with van der Waals surface area (Å²) in [6.45, 7) is 4.62. The average Bonchev–Trinajstić information content (AvgIpc) is 2.53. The van der Waals surface area contributed by atoms with Crippen LogP contribution in [0.15, 0.2) is 23.3 Å². The van der Waals surface area contributed by atoms with Gasteiger partial charge in [0.1, 0.15) is 0 Å². The van der Waals surface area contributed by atoms with E-state index in [0.29, 0.717) is 35.0 Å². The Balaban J connectivity index is 1.88. The van der Waals surface area contributed by atoms with Crippen LogP contribution in [0.3, 0.4) is 0 Å². The number of hydrogen-bond acceptors (Lipinski definition) is 4. The van der Waals surface area contributed by atoms with E-state index in [0.717, 1.165) is 6.42 Å². The third kappa shape index (κ3) is 5.10. The zero-order valence-electron chi connectivity index (χ0n) is 13.7. The number of hydrogen-bond donors (Lipinski definition) is 3. The van der Waals surface area contributed by atoms with Crippen LogP contribution in [0, 0.1) is 5.92 Å². The maximum Gasteiger partial charge on any atom is 0.187 e. The van der Waals surface area contributed by atoms with E-state index in [1.807, 2.05) is 13.0 Å². The van der Waals surface area contributed by atoms with Crippen molar-refractivity contribution in [2.24, 2.45) is 11.0 Å². The molecule has 1 aliphatic rings. The van der Waals surface area contributed by atoms with E-state index in [2.05, 4.69) is 22.8 Å². The van der Waals surface area contributed by atoms with E-state index in [1.165, 1.54) is 25.5 Å². The van der Waals surface area contributed by atoms with Gasteiger partial charge in [0.25, 0.3) is 0 Å². The minimum atomic E-state index is 0.0830. The monoisotopic (exact) mass is 335 g/mol. The van der Waals surface area contributed by atoms with Crippen molar-refractivity contribution in [2.45, 2.75) is 45.6 Å². The Labute approximate surface area is 143 Å². The van der Waals surface area contributed by atoms with Crippen molar-refractivity contribution >= 4 is 23.5 Å². The van der Waals surface area contributed by atoms with Gasteiger partial charge in [-0.25, -0.2) is 0 Å². The molecule has 1 aliphatic carbocycles. The lowest BCUT2D eigenvalue weighted by Gasteiger charge is -2.30.